The van der Waals surface area contributed by atoms with Crippen molar-refractivity contribution in [3.05, 3.63) is 64.2 Å². The maximum Gasteiger partial charge on any atom is 0.227 e. The van der Waals surface area contributed by atoms with E-state index in [1.807, 2.05) is 23.1 Å². The van der Waals surface area contributed by atoms with Gasteiger partial charge in [0, 0.05) is 30.2 Å². The third-order valence-electron chi connectivity index (χ3n) is 5.11. The topological polar surface area (TPSA) is 49.4 Å². The first-order valence-corrected chi connectivity index (χ1v) is 9.84. The number of carbonyl (C=O) groups is 2. The first-order chi connectivity index (χ1) is 13.0. The summed E-state index contributed by atoms with van der Waals surface area (Å²) in [5.41, 5.74) is 4.30. The number of aryl methyl sites for hydroxylation is 2. The van der Waals surface area contributed by atoms with E-state index in [2.05, 4.69) is 31.3 Å². The van der Waals surface area contributed by atoms with Crippen LogP contribution in [-0.4, -0.2) is 18.4 Å². The standard InChI is InChI=1S/C22H25ClN2O2/c1-3-16-6-5-7-17(4-2)21(16)25-14-18(12-20(25)26)22(27)24-13-15-8-10-19(23)11-9-15/h5-11,18H,3-4,12-14H2,1-2H3,(H,24,27). The molecule has 1 N–H and O–H groups in total. The van der Waals surface area contributed by atoms with E-state index >= 15 is 0 Å². The van der Waals surface area contributed by atoms with Gasteiger partial charge in [-0.05, 0) is 41.7 Å². The van der Waals surface area contributed by atoms with Crippen molar-refractivity contribution in [3.63, 3.8) is 0 Å². The summed E-state index contributed by atoms with van der Waals surface area (Å²) in [4.78, 5) is 27.1. The summed E-state index contributed by atoms with van der Waals surface area (Å²) >= 11 is 5.89. The van der Waals surface area contributed by atoms with Gasteiger partial charge in [-0.25, -0.2) is 0 Å². The molecule has 3 rings (SSSR count). The average molecular weight is 385 g/mol. The molecule has 0 radical (unpaired) electrons. The normalized spacial score (nSPS) is 16.6. The van der Waals surface area contributed by atoms with Crippen LogP contribution in [0.1, 0.15) is 37.0 Å². The maximum atomic E-state index is 12.7. The number of nitrogens with one attached hydrogen (secondary N) is 1. The van der Waals surface area contributed by atoms with Gasteiger partial charge < -0.3 is 10.2 Å². The summed E-state index contributed by atoms with van der Waals surface area (Å²) in [6, 6.07) is 13.6. The SMILES string of the molecule is CCc1cccc(CC)c1N1CC(C(=O)NCc2ccc(Cl)cc2)CC1=O. The van der Waals surface area contributed by atoms with Crippen molar-refractivity contribution in [1.82, 2.24) is 5.32 Å². The molecule has 1 atom stereocenters. The minimum absolute atomic E-state index is 0.0252. The second-order valence-electron chi connectivity index (χ2n) is 6.88. The molecular weight excluding hydrogens is 360 g/mol. The van der Waals surface area contributed by atoms with Crippen LogP contribution in [0.2, 0.25) is 5.02 Å². The molecule has 0 saturated carbocycles. The van der Waals surface area contributed by atoms with Gasteiger partial charge in [-0.15, -0.1) is 0 Å². The molecule has 1 heterocycles. The summed E-state index contributed by atoms with van der Waals surface area (Å²) in [6.07, 6.45) is 1.98. The van der Waals surface area contributed by atoms with E-state index in [4.69, 9.17) is 11.6 Å². The Morgan fingerprint density at radius 3 is 2.33 bits per heavy atom. The molecule has 2 amide bonds. The largest absolute Gasteiger partial charge is 0.352 e. The molecule has 0 aliphatic carbocycles. The van der Waals surface area contributed by atoms with Crippen molar-refractivity contribution in [2.75, 3.05) is 11.4 Å². The van der Waals surface area contributed by atoms with Crippen molar-refractivity contribution in [2.24, 2.45) is 5.92 Å². The van der Waals surface area contributed by atoms with Crippen molar-refractivity contribution in [2.45, 2.75) is 39.7 Å². The number of nitrogens with zero attached hydrogens (tertiary/aromatic N) is 1. The highest BCUT2D eigenvalue weighted by Crippen LogP contribution is 2.32. The molecule has 27 heavy (non-hydrogen) atoms. The number of hydrogen-bond donors (Lipinski definition) is 1. The van der Waals surface area contributed by atoms with E-state index < -0.39 is 0 Å². The second kappa shape index (κ2) is 8.57. The zero-order valence-corrected chi connectivity index (χ0v) is 16.6. The van der Waals surface area contributed by atoms with Crippen molar-refractivity contribution in [1.29, 1.82) is 0 Å². The first-order valence-electron chi connectivity index (χ1n) is 9.46. The van der Waals surface area contributed by atoms with Crippen LogP contribution in [-0.2, 0) is 29.0 Å². The molecule has 0 aromatic heterocycles. The molecule has 2 aromatic carbocycles. The third kappa shape index (κ3) is 4.33. The van der Waals surface area contributed by atoms with Gasteiger partial charge in [-0.3, -0.25) is 9.59 Å². The molecule has 142 valence electrons. The van der Waals surface area contributed by atoms with Gasteiger partial charge in [0.1, 0.15) is 0 Å². The quantitative estimate of drug-likeness (QED) is 0.813. The van der Waals surface area contributed by atoms with Gasteiger partial charge >= 0.3 is 0 Å². The zero-order valence-electron chi connectivity index (χ0n) is 15.8. The first kappa shape index (κ1) is 19.4. The molecule has 2 aromatic rings. The Labute approximate surface area is 165 Å². The van der Waals surface area contributed by atoms with Crippen LogP contribution in [0.4, 0.5) is 5.69 Å². The lowest BCUT2D eigenvalue weighted by atomic mass is 10.0. The van der Waals surface area contributed by atoms with Crippen LogP contribution in [0.25, 0.3) is 0 Å². The molecule has 1 fully saturated rings. The van der Waals surface area contributed by atoms with E-state index in [0.717, 1.165) is 35.2 Å². The Morgan fingerprint density at radius 1 is 1.11 bits per heavy atom. The molecule has 1 unspecified atom stereocenters. The van der Waals surface area contributed by atoms with Gasteiger partial charge in [-0.2, -0.15) is 0 Å². The Balaban J connectivity index is 1.70. The van der Waals surface area contributed by atoms with Gasteiger partial charge in [0.05, 0.1) is 5.92 Å². The van der Waals surface area contributed by atoms with Crippen molar-refractivity contribution < 1.29 is 9.59 Å². The maximum absolute atomic E-state index is 12.7. The van der Waals surface area contributed by atoms with Gasteiger partial charge in [0.2, 0.25) is 11.8 Å². The van der Waals surface area contributed by atoms with Crippen LogP contribution < -0.4 is 10.2 Å². The molecule has 0 bridgehead atoms. The summed E-state index contributed by atoms with van der Waals surface area (Å²) in [5, 5.41) is 3.62. The number of carbonyl (C=O) groups excluding carboxylic acids is 2. The van der Waals surface area contributed by atoms with E-state index in [1.165, 1.54) is 0 Å². The zero-order chi connectivity index (χ0) is 19.4. The van der Waals surface area contributed by atoms with Crippen LogP contribution >= 0.6 is 11.6 Å². The second-order valence-corrected chi connectivity index (χ2v) is 7.32. The monoisotopic (exact) mass is 384 g/mol. The summed E-state index contributed by atoms with van der Waals surface area (Å²) < 4.78 is 0. The van der Waals surface area contributed by atoms with Gasteiger partial charge in [0.15, 0.2) is 0 Å². The molecule has 1 aliphatic rings. The summed E-state index contributed by atoms with van der Waals surface area (Å²) in [7, 11) is 0. The average Bonchev–Trinajstić information content (AvgIpc) is 3.07. The lowest BCUT2D eigenvalue weighted by Crippen LogP contribution is -2.33. The van der Waals surface area contributed by atoms with E-state index in [0.29, 0.717) is 18.1 Å². The van der Waals surface area contributed by atoms with Crippen LogP contribution in [0.15, 0.2) is 42.5 Å². The minimum Gasteiger partial charge on any atom is -0.352 e. The Bertz CT molecular complexity index is 810. The fraction of sp³-hybridized carbons (Fsp3) is 0.364. The number of benzene rings is 2. The number of halogens is 1. The lowest BCUT2D eigenvalue weighted by molar-refractivity contribution is -0.126. The number of para-hydroxylation sites is 1. The van der Waals surface area contributed by atoms with E-state index in [1.54, 1.807) is 12.1 Å². The Kier molecular flexibility index (Phi) is 6.17. The number of amides is 2. The van der Waals surface area contributed by atoms with E-state index in [-0.39, 0.29) is 24.2 Å². The van der Waals surface area contributed by atoms with Crippen molar-refractivity contribution >= 4 is 29.1 Å². The summed E-state index contributed by atoms with van der Waals surface area (Å²) in [6.45, 7) is 5.06. The third-order valence-corrected chi connectivity index (χ3v) is 5.36. The smallest absolute Gasteiger partial charge is 0.227 e. The van der Waals surface area contributed by atoms with E-state index in [9.17, 15) is 9.59 Å². The molecule has 0 spiro atoms. The molecular formula is C22H25ClN2O2. The van der Waals surface area contributed by atoms with Crippen molar-refractivity contribution in [3.8, 4) is 0 Å². The molecule has 1 saturated heterocycles. The van der Waals surface area contributed by atoms with Crippen LogP contribution in [0, 0.1) is 5.92 Å². The highest BCUT2D eigenvalue weighted by atomic mass is 35.5. The molecule has 5 heteroatoms. The van der Waals surface area contributed by atoms with Crippen LogP contribution in [0.3, 0.4) is 0 Å². The number of rotatable bonds is 6. The summed E-state index contributed by atoms with van der Waals surface area (Å²) in [5.74, 6) is -0.371. The lowest BCUT2D eigenvalue weighted by Gasteiger charge is -2.23. The predicted octanol–water partition coefficient (Wildman–Crippen LogP) is 4.13. The fourth-order valence-corrected chi connectivity index (χ4v) is 3.72. The molecule has 1 aliphatic heterocycles. The number of hydrogen-bond acceptors (Lipinski definition) is 2. The van der Waals surface area contributed by atoms with Gasteiger partial charge in [0.25, 0.3) is 0 Å². The Morgan fingerprint density at radius 2 is 1.74 bits per heavy atom. The highest BCUT2D eigenvalue weighted by Gasteiger charge is 2.36. The minimum atomic E-state index is -0.320. The van der Waals surface area contributed by atoms with Crippen LogP contribution in [0.5, 0.6) is 0 Å². The van der Waals surface area contributed by atoms with Gasteiger partial charge in [-0.1, -0.05) is 55.8 Å². The molecule has 4 nitrogen and oxygen atoms in total. The fourth-order valence-electron chi connectivity index (χ4n) is 3.60. The highest BCUT2D eigenvalue weighted by molar-refractivity contribution is 6.30. The predicted molar refractivity (Wildman–Crippen MR) is 109 cm³/mol. The Hall–Kier alpha value is -2.33. The number of anilines is 1.